The van der Waals surface area contributed by atoms with Crippen molar-refractivity contribution in [3.8, 4) is 0 Å². The van der Waals surface area contributed by atoms with E-state index >= 15 is 0 Å². The zero-order chi connectivity index (χ0) is 15.7. The van der Waals surface area contributed by atoms with Gasteiger partial charge in [0.05, 0.1) is 4.90 Å². The average Bonchev–Trinajstić information content (AvgIpc) is 2.89. The number of nitrogens with two attached hydrogens (primary N) is 1. The van der Waals surface area contributed by atoms with Crippen molar-refractivity contribution >= 4 is 21.4 Å². The van der Waals surface area contributed by atoms with Crippen LogP contribution in [0.25, 0.3) is 0 Å². The Morgan fingerprint density at radius 3 is 2.29 bits per heavy atom. The van der Waals surface area contributed by atoms with Gasteiger partial charge in [0.2, 0.25) is 10.0 Å². The molecule has 0 unspecified atom stereocenters. The third-order valence-electron chi connectivity index (χ3n) is 5.03. The lowest BCUT2D eigenvalue weighted by molar-refractivity contribution is 0.141. The van der Waals surface area contributed by atoms with Gasteiger partial charge in [-0.05, 0) is 31.2 Å². The fraction of sp³-hybridized carbons (Fsp3) is 0.733. The molecule has 0 amide bonds. The number of sulfonamides is 1. The van der Waals surface area contributed by atoms with Crippen LogP contribution in [0.15, 0.2) is 11.0 Å². The van der Waals surface area contributed by atoms with E-state index in [0.29, 0.717) is 29.9 Å². The molecule has 1 aliphatic heterocycles. The van der Waals surface area contributed by atoms with E-state index < -0.39 is 10.0 Å². The normalized spacial score (nSPS) is 19.8. The molecule has 1 aromatic heterocycles. The van der Waals surface area contributed by atoms with E-state index in [1.165, 1.54) is 11.3 Å². The van der Waals surface area contributed by atoms with Gasteiger partial charge < -0.3 is 5.73 Å². The van der Waals surface area contributed by atoms with E-state index in [4.69, 9.17) is 5.73 Å². The Morgan fingerprint density at radius 1 is 1.29 bits per heavy atom. The van der Waals surface area contributed by atoms with Crippen LogP contribution >= 0.6 is 11.3 Å². The Bertz CT molecular complexity index is 579. The van der Waals surface area contributed by atoms with Gasteiger partial charge in [0.25, 0.3) is 0 Å². The molecule has 2 heterocycles. The van der Waals surface area contributed by atoms with Crippen LogP contribution in [0.3, 0.4) is 0 Å². The minimum Gasteiger partial charge on any atom is -0.326 e. The highest BCUT2D eigenvalue weighted by Gasteiger charge is 2.37. The quantitative estimate of drug-likeness (QED) is 0.902. The molecule has 2 N–H and O–H groups in total. The van der Waals surface area contributed by atoms with Gasteiger partial charge >= 0.3 is 0 Å². The Balaban J connectivity index is 2.20. The van der Waals surface area contributed by atoms with E-state index in [9.17, 15) is 8.42 Å². The molecule has 0 saturated carbocycles. The van der Waals surface area contributed by atoms with Crippen LogP contribution in [0.4, 0.5) is 0 Å². The number of hydrogen-bond acceptors (Lipinski definition) is 4. The molecule has 1 fully saturated rings. The van der Waals surface area contributed by atoms with Crippen molar-refractivity contribution in [2.75, 3.05) is 13.1 Å². The molecule has 4 nitrogen and oxygen atoms in total. The van der Waals surface area contributed by atoms with Gasteiger partial charge in [-0.2, -0.15) is 4.31 Å². The molecule has 1 saturated heterocycles. The first-order valence-electron chi connectivity index (χ1n) is 7.68. The maximum atomic E-state index is 12.8. The highest BCUT2D eigenvalue weighted by molar-refractivity contribution is 7.89. The molecule has 0 radical (unpaired) electrons. The van der Waals surface area contributed by atoms with Crippen molar-refractivity contribution < 1.29 is 8.42 Å². The van der Waals surface area contributed by atoms with Crippen molar-refractivity contribution in [1.29, 1.82) is 0 Å². The predicted molar refractivity (Wildman–Crippen MR) is 88.0 cm³/mol. The maximum absolute atomic E-state index is 12.8. The van der Waals surface area contributed by atoms with Gasteiger partial charge in [-0.3, -0.25) is 0 Å². The molecule has 0 bridgehead atoms. The molecular formula is C15H26N2O2S2. The van der Waals surface area contributed by atoms with Crippen molar-refractivity contribution in [1.82, 2.24) is 4.31 Å². The standard InChI is InChI=1S/C15H26N2O2S2/c1-4-15(5-2)6-8-17(9-7-15)21(18,19)14-10-13(11-16)20-12(14)3/h10H,4-9,11,16H2,1-3H3. The summed E-state index contributed by atoms with van der Waals surface area (Å²) in [5.41, 5.74) is 5.96. The Hall–Kier alpha value is -0.430. The molecule has 21 heavy (non-hydrogen) atoms. The topological polar surface area (TPSA) is 63.4 Å². The lowest BCUT2D eigenvalue weighted by atomic mass is 9.75. The number of hydrogen-bond donors (Lipinski definition) is 1. The van der Waals surface area contributed by atoms with Crippen molar-refractivity contribution in [3.05, 3.63) is 15.8 Å². The summed E-state index contributed by atoms with van der Waals surface area (Å²) in [4.78, 5) is 2.23. The summed E-state index contributed by atoms with van der Waals surface area (Å²) in [6.45, 7) is 7.96. The third-order valence-corrected chi connectivity index (χ3v) is 8.25. The number of piperidine rings is 1. The van der Waals surface area contributed by atoms with Gasteiger partial charge in [0.15, 0.2) is 0 Å². The van der Waals surface area contributed by atoms with Gasteiger partial charge in [0, 0.05) is 29.4 Å². The van der Waals surface area contributed by atoms with Crippen molar-refractivity contribution in [3.63, 3.8) is 0 Å². The predicted octanol–water partition coefficient (Wildman–Crippen LogP) is 3.11. The Labute approximate surface area is 132 Å². The zero-order valence-electron chi connectivity index (χ0n) is 13.2. The van der Waals surface area contributed by atoms with Gasteiger partial charge in [-0.25, -0.2) is 8.42 Å². The summed E-state index contributed by atoms with van der Waals surface area (Å²) < 4.78 is 27.3. The summed E-state index contributed by atoms with van der Waals surface area (Å²) in [6, 6.07) is 1.75. The Kier molecular flexibility index (Phi) is 5.13. The van der Waals surface area contributed by atoms with Crippen LogP contribution in [-0.4, -0.2) is 25.8 Å². The van der Waals surface area contributed by atoms with Crippen LogP contribution in [-0.2, 0) is 16.6 Å². The highest BCUT2D eigenvalue weighted by Crippen LogP contribution is 2.40. The van der Waals surface area contributed by atoms with E-state index in [1.54, 1.807) is 10.4 Å². The van der Waals surface area contributed by atoms with E-state index in [2.05, 4.69) is 13.8 Å². The fourth-order valence-corrected chi connectivity index (χ4v) is 6.10. The molecule has 0 aliphatic carbocycles. The molecule has 0 aromatic carbocycles. The fourth-order valence-electron chi connectivity index (χ4n) is 3.18. The summed E-state index contributed by atoms with van der Waals surface area (Å²) in [6.07, 6.45) is 4.19. The number of thiophene rings is 1. The monoisotopic (exact) mass is 330 g/mol. The third kappa shape index (κ3) is 3.18. The summed E-state index contributed by atoms with van der Waals surface area (Å²) in [7, 11) is -3.36. The average molecular weight is 331 g/mol. The van der Waals surface area contributed by atoms with Crippen LogP contribution < -0.4 is 5.73 Å². The van der Waals surface area contributed by atoms with E-state index in [0.717, 1.165) is 35.4 Å². The smallest absolute Gasteiger partial charge is 0.244 e. The van der Waals surface area contributed by atoms with E-state index in [-0.39, 0.29) is 0 Å². The number of rotatable bonds is 5. The summed E-state index contributed by atoms with van der Waals surface area (Å²) in [5.74, 6) is 0. The minimum atomic E-state index is -3.36. The van der Waals surface area contributed by atoms with Crippen molar-refractivity contribution in [2.24, 2.45) is 11.1 Å². The minimum absolute atomic E-state index is 0.331. The molecule has 2 rings (SSSR count). The lowest BCUT2D eigenvalue weighted by Crippen LogP contribution is -2.42. The van der Waals surface area contributed by atoms with E-state index in [1.807, 2.05) is 6.92 Å². The second kappa shape index (κ2) is 6.36. The second-order valence-electron chi connectivity index (χ2n) is 5.95. The second-order valence-corrected chi connectivity index (χ2v) is 9.20. The van der Waals surface area contributed by atoms with Gasteiger partial charge in [0.1, 0.15) is 0 Å². The van der Waals surface area contributed by atoms with Crippen molar-refractivity contribution in [2.45, 2.75) is 57.9 Å². The highest BCUT2D eigenvalue weighted by atomic mass is 32.2. The maximum Gasteiger partial charge on any atom is 0.244 e. The van der Waals surface area contributed by atoms with Gasteiger partial charge in [-0.1, -0.05) is 26.7 Å². The summed E-state index contributed by atoms with van der Waals surface area (Å²) in [5, 5.41) is 0. The molecule has 6 heteroatoms. The SMILES string of the molecule is CCC1(CC)CCN(S(=O)(=O)c2cc(CN)sc2C)CC1. The molecule has 0 atom stereocenters. The molecule has 1 aliphatic rings. The first-order chi connectivity index (χ1) is 9.88. The van der Waals surface area contributed by atoms with Crippen LogP contribution in [0.1, 0.15) is 49.3 Å². The number of aryl methyl sites for hydroxylation is 1. The zero-order valence-corrected chi connectivity index (χ0v) is 14.8. The van der Waals surface area contributed by atoms with Crippen LogP contribution in [0.2, 0.25) is 0 Å². The molecule has 120 valence electrons. The van der Waals surface area contributed by atoms with Gasteiger partial charge in [-0.15, -0.1) is 11.3 Å². The molecule has 1 aromatic rings. The molecular weight excluding hydrogens is 304 g/mol. The number of nitrogens with zero attached hydrogens (tertiary/aromatic N) is 1. The Morgan fingerprint density at radius 2 is 1.86 bits per heavy atom. The first-order valence-corrected chi connectivity index (χ1v) is 9.93. The first kappa shape index (κ1) is 16.9. The summed E-state index contributed by atoms with van der Waals surface area (Å²) >= 11 is 1.48. The molecule has 0 spiro atoms. The lowest BCUT2D eigenvalue weighted by Gasteiger charge is -2.40. The van der Waals surface area contributed by atoms with Crippen LogP contribution in [0, 0.1) is 12.3 Å². The van der Waals surface area contributed by atoms with Crippen LogP contribution in [0.5, 0.6) is 0 Å². The largest absolute Gasteiger partial charge is 0.326 e.